The first-order valence-electron chi connectivity index (χ1n) is 8.43. The lowest BCUT2D eigenvalue weighted by Crippen LogP contribution is -2.29. The van der Waals surface area contributed by atoms with Gasteiger partial charge in [-0.25, -0.2) is 0 Å². The molecule has 0 unspecified atom stereocenters. The quantitative estimate of drug-likeness (QED) is 0.555. The summed E-state index contributed by atoms with van der Waals surface area (Å²) in [5, 5.41) is 15.1. The number of carbonyl (C=O) groups excluding carboxylic acids is 1. The van der Waals surface area contributed by atoms with Crippen LogP contribution >= 0.6 is 0 Å². The molecule has 1 aliphatic rings. The summed E-state index contributed by atoms with van der Waals surface area (Å²) >= 11 is 0. The van der Waals surface area contributed by atoms with Gasteiger partial charge >= 0.3 is 0 Å². The van der Waals surface area contributed by atoms with Crippen LogP contribution in [0.3, 0.4) is 0 Å². The van der Waals surface area contributed by atoms with Gasteiger partial charge in [0.2, 0.25) is 6.41 Å². The summed E-state index contributed by atoms with van der Waals surface area (Å²) in [7, 11) is 0. The molecule has 126 valence electrons. The predicted octanol–water partition coefficient (Wildman–Crippen LogP) is 3.13. The van der Waals surface area contributed by atoms with Gasteiger partial charge in [-0.1, -0.05) is 20.3 Å². The zero-order valence-corrected chi connectivity index (χ0v) is 14.1. The van der Waals surface area contributed by atoms with E-state index in [-0.39, 0.29) is 0 Å². The van der Waals surface area contributed by atoms with E-state index < -0.39 is 0 Å². The second-order valence-electron chi connectivity index (χ2n) is 5.72. The van der Waals surface area contributed by atoms with Crippen LogP contribution in [-0.2, 0) is 4.79 Å². The van der Waals surface area contributed by atoms with E-state index in [1.54, 1.807) is 18.2 Å². The number of carbonyl (C=O) groups is 1. The third kappa shape index (κ3) is 6.19. The van der Waals surface area contributed by atoms with Crippen molar-refractivity contribution >= 4 is 17.8 Å². The Hall–Kier alpha value is -2.22. The van der Waals surface area contributed by atoms with Crippen LogP contribution in [0.4, 0.5) is 11.4 Å². The normalized spacial score (nSPS) is 19.7. The molecule has 0 radical (unpaired) electrons. The monoisotopic (exact) mass is 316 g/mol. The summed E-state index contributed by atoms with van der Waals surface area (Å²) in [6.45, 7) is 5.63. The summed E-state index contributed by atoms with van der Waals surface area (Å²) < 4.78 is 0. The fourth-order valence-corrected chi connectivity index (χ4v) is 3.02. The third-order valence-corrected chi connectivity index (χ3v) is 4.14. The van der Waals surface area contributed by atoms with Crippen LogP contribution in [0.25, 0.3) is 0 Å². The number of nitrogen functional groups attached to an aromatic ring is 1. The SMILES string of the molecule is CC.N#Cc1ccc(N)c(NC[C@H]2CCC[C@@H](CNC=O)C2)c1. The Morgan fingerprint density at radius 1 is 1.30 bits per heavy atom. The summed E-state index contributed by atoms with van der Waals surface area (Å²) in [5.74, 6) is 1.15. The predicted molar refractivity (Wildman–Crippen MR) is 94.9 cm³/mol. The number of nitrogens with zero attached hydrogens (tertiary/aromatic N) is 1. The number of benzene rings is 1. The number of anilines is 2. The maximum absolute atomic E-state index is 10.4. The van der Waals surface area contributed by atoms with Crippen molar-refractivity contribution in [3.05, 3.63) is 23.8 Å². The van der Waals surface area contributed by atoms with E-state index in [2.05, 4.69) is 16.7 Å². The maximum atomic E-state index is 10.4. The molecule has 0 spiro atoms. The Kier molecular flexibility index (Phi) is 8.59. The molecule has 23 heavy (non-hydrogen) atoms. The lowest BCUT2D eigenvalue weighted by molar-refractivity contribution is -0.109. The fraction of sp³-hybridized carbons (Fsp3) is 0.556. The second kappa shape index (κ2) is 10.5. The zero-order chi connectivity index (χ0) is 17.1. The lowest BCUT2D eigenvalue weighted by Gasteiger charge is -2.29. The van der Waals surface area contributed by atoms with E-state index in [9.17, 15) is 4.79 Å². The van der Waals surface area contributed by atoms with Crippen LogP contribution in [0.1, 0.15) is 45.1 Å². The van der Waals surface area contributed by atoms with E-state index in [1.807, 2.05) is 13.8 Å². The minimum absolute atomic E-state index is 0.568. The van der Waals surface area contributed by atoms with Gasteiger partial charge in [0.25, 0.3) is 0 Å². The molecule has 0 heterocycles. The molecule has 1 aromatic rings. The van der Waals surface area contributed by atoms with Gasteiger partial charge in [0.1, 0.15) is 0 Å². The standard InChI is InChI=1S/C16H22N4O.C2H6/c17-8-12-4-5-15(18)16(7-12)20-10-14-3-1-2-13(6-14)9-19-11-21;1-2/h4-5,7,11,13-14,20H,1-3,6,9-10,18H2,(H,19,21);1-2H3/t13-,14+;/m1./s1. The molecule has 0 saturated heterocycles. The molecule has 1 saturated carbocycles. The molecular weight excluding hydrogens is 288 g/mol. The molecule has 4 N–H and O–H groups in total. The topological polar surface area (TPSA) is 90.9 Å². The van der Waals surface area contributed by atoms with Gasteiger partial charge in [-0.3, -0.25) is 4.79 Å². The Labute approximate surface area is 139 Å². The van der Waals surface area contributed by atoms with Crippen molar-refractivity contribution in [3.63, 3.8) is 0 Å². The van der Waals surface area contributed by atoms with Crippen molar-refractivity contribution in [2.24, 2.45) is 11.8 Å². The molecule has 1 aliphatic carbocycles. The van der Waals surface area contributed by atoms with Crippen LogP contribution in [-0.4, -0.2) is 19.5 Å². The summed E-state index contributed by atoms with van der Waals surface area (Å²) in [5.41, 5.74) is 8.05. The molecule has 1 fully saturated rings. The molecule has 5 nitrogen and oxygen atoms in total. The van der Waals surface area contributed by atoms with Crippen molar-refractivity contribution in [2.45, 2.75) is 39.5 Å². The smallest absolute Gasteiger partial charge is 0.207 e. The first kappa shape index (κ1) is 18.8. The number of nitrogens with one attached hydrogen (secondary N) is 2. The Balaban J connectivity index is 0.00000127. The second-order valence-corrected chi connectivity index (χ2v) is 5.72. The van der Waals surface area contributed by atoms with E-state index >= 15 is 0 Å². The molecule has 0 bridgehead atoms. The van der Waals surface area contributed by atoms with Gasteiger partial charge in [0.15, 0.2) is 0 Å². The van der Waals surface area contributed by atoms with Gasteiger partial charge < -0.3 is 16.4 Å². The Morgan fingerprint density at radius 2 is 2.00 bits per heavy atom. The molecule has 1 amide bonds. The van der Waals surface area contributed by atoms with Crippen molar-refractivity contribution in [1.29, 1.82) is 5.26 Å². The van der Waals surface area contributed by atoms with Gasteiger partial charge in [0.05, 0.1) is 23.0 Å². The fourth-order valence-electron chi connectivity index (χ4n) is 3.02. The highest BCUT2D eigenvalue weighted by Gasteiger charge is 2.21. The van der Waals surface area contributed by atoms with Crippen LogP contribution in [0, 0.1) is 23.2 Å². The average molecular weight is 316 g/mol. The number of nitrogens with two attached hydrogens (primary N) is 1. The van der Waals surface area contributed by atoms with Gasteiger partial charge in [-0.15, -0.1) is 0 Å². The number of amides is 1. The van der Waals surface area contributed by atoms with Gasteiger partial charge in [-0.05, 0) is 49.3 Å². The molecule has 0 aliphatic heterocycles. The number of hydrogen-bond donors (Lipinski definition) is 3. The van der Waals surface area contributed by atoms with Crippen molar-refractivity contribution in [3.8, 4) is 6.07 Å². The lowest BCUT2D eigenvalue weighted by atomic mass is 9.81. The van der Waals surface area contributed by atoms with Crippen molar-refractivity contribution in [1.82, 2.24) is 5.32 Å². The van der Waals surface area contributed by atoms with E-state index in [4.69, 9.17) is 11.0 Å². The summed E-state index contributed by atoms with van der Waals surface area (Å²) in [6, 6.07) is 7.41. The Morgan fingerprint density at radius 3 is 2.65 bits per heavy atom. The Bertz CT molecular complexity index is 524. The minimum atomic E-state index is 0.568. The van der Waals surface area contributed by atoms with Crippen molar-refractivity contribution < 1.29 is 4.79 Å². The van der Waals surface area contributed by atoms with Gasteiger partial charge in [-0.2, -0.15) is 5.26 Å². The molecule has 2 rings (SSSR count). The number of nitriles is 1. The minimum Gasteiger partial charge on any atom is -0.397 e. The van der Waals surface area contributed by atoms with Crippen LogP contribution in [0.5, 0.6) is 0 Å². The highest BCUT2D eigenvalue weighted by Crippen LogP contribution is 2.29. The van der Waals surface area contributed by atoms with E-state index in [0.717, 1.165) is 31.6 Å². The van der Waals surface area contributed by atoms with Gasteiger partial charge in [0, 0.05) is 13.1 Å². The summed E-state index contributed by atoms with van der Waals surface area (Å²) in [4.78, 5) is 10.4. The maximum Gasteiger partial charge on any atom is 0.207 e. The molecular formula is C18H28N4O. The largest absolute Gasteiger partial charge is 0.397 e. The highest BCUT2D eigenvalue weighted by atomic mass is 16.1. The average Bonchev–Trinajstić information content (AvgIpc) is 2.61. The first-order valence-corrected chi connectivity index (χ1v) is 8.43. The third-order valence-electron chi connectivity index (χ3n) is 4.14. The zero-order valence-electron chi connectivity index (χ0n) is 14.1. The molecule has 0 aromatic heterocycles. The number of rotatable bonds is 6. The highest BCUT2D eigenvalue weighted by molar-refractivity contribution is 5.68. The van der Waals surface area contributed by atoms with Crippen LogP contribution in [0.2, 0.25) is 0 Å². The van der Waals surface area contributed by atoms with E-state index in [0.29, 0.717) is 23.1 Å². The molecule has 5 heteroatoms. The first-order chi connectivity index (χ1) is 11.2. The van der Waals surface area contributed by atoms with Crippen LogP contribution in [0.15, 0.2) is 18.2 Å². The molecule has 2 atom stereocenters. The summed E-state index contributed by atoms with van der Waals surface area (Å²) in [6.07, 6.45) is 5.47. The number of hydrogen-bond acceptors (Lipinski definition) is 4. The van der Waals surface area contributed by atoms with Crippen LogP contribution < -0.4 is 16.4 Å². The molecule has 1 aromatic carbocycles. The van der Waals surface area contributed by atoms with E-state index in [1.165, 1.54) is 19.3 Å². The van der Waals surface area contributed by atoms with Crippen molar-refractivity contribution in [2.75, 3.05) is 24.1 Å².